The minimum atomic E-state index is -0.438. The first-order valence-corrected chi connectivity index (χ1v) is 1.66. The Kier molecular flexibility index (Phi) is 20.6. The van der Waals surface area contributed by atoms with Gasteiger partial charge in [-0.3, -0.25) is 0 Å². The molecule has 28 valence electrons. The molecule has 0 bridgehead atoms. The van der Waals surface area contributed by atoms with E-state index in [4.69, 9.17) is 0 Å². The summed E-state index contributed by atoms with van der Waals surface area (Å²) in [5, 5.41) is 0. The van der Waals surface area contributed by atoms with Gasteiger partial charge in [0.15, 0.2) is 0 Å². The van der Waals surface area contributed by atoms with Crippen LogP contribution in [0.25, 0.3) is 0 Å². The Labute approximate surface area is 38.9 Å². The molecule has 0 aromatic rings. The Hall–Kier alpha value is 0.700. The second-order valence-corrected chi connectivity index (χ2v) is 0.525. The van der Waals surface area contributed by atoms with Crippen LogP contribution in [0.3, 0.4) is 0 Å². The van der Waals surface area contributed by atoms with Gasteiger partial charge in [0, 0.05) is 0 Å². The summed E-state index contributed by atoms with van der Waals surface area (Å²) in [5.74, 6) is 0. The van der Waals surface area contributed by atoms with Gasteiger partial charge in [0.25, 0.3) is 0 Å². The predicted molar refractivity (Wildman–Crippen MR) is 22.1 cm³/mol. The van der Waals surface area contributed by atoms with Gasteiger partial charge in [0.2, 0.25) is 0 Å². The van der Waals surface area contributed by atoms with Crippen LogP contribution in [-0.2, 0) is 0 Å². The predicted octanol–water partition coefficient (Wildman–Crippen LogP) is 1.73. The van der Waals surface area contributed by atoms with E-state index in [1.807, 2.05) is 0 Å². The van der Waals surface area contributed by atoms with Gasteiger partial charge in [-0.2, -0.15) is 0 Å². The molecule has 0 rings (SSSR count). The summed E-state index contributed by atoms with van der Waals surface area (Å²) < 4.78 is 10.2. The molecule has 3 heteroatoms. The standard InChI is InChI=1S/CH2BrF.ClH/c2-1-3;/h1H2;1H. The van der Waals surface area contributed by atoms with Crippen molar-refractivity contribution >= 4 is 28.3 Å². The summed E-state index contributed by atoms with van der Waals surface area (Å²) in [6.45, 7) is 0. The number of halogens is 3. The molecule has 0 unspecified atom stereocenters. The molecule has 4 heavy (non-hydrogen) atoms. The normalized spacial score (nSPS) is 4.50. The molecule has 0 saturated heterocycles. The van der Waals surface area contributed by atoms with Crippen LogP contribution in [0.4, 0.5) is 4.39 Å². The van der Waals surface area contributed by atoms with E-state index in [-0.39, 0.29) is 12.4 Å². The Morgan fingerprint density at radius 3 is 1.75 bits per heavy atom. The van der Waals surface area contributed by atoms with Crippen LogP contribution in [0.15, 0.2) is 0 Å². The maximum Gasteiger partial charge on any atom is 0.144 e. The molecule has 0 nitrogen and oxygen atoms in total. The first-order chi connectivity index (χ1) is 1.41. The monoisotopic (exact) mass is 148 g/mol. The summed E-state index contributed by atoms with van der Waals surface area (Å²) >= 11 is 2.48. The maximum atomic E-state index is 10.2. The third-order valence-corrected chi connectivity index (χ3v) is 0. The van der Waals surface area contributed by atoms with Crippen molar-refractivity contribution in [2.24, 2.45) is 0 Å². The number of alkyl halides is 2. The van der Waals surface area contributed by atoms with E-state index in [1.165, 1.54) is 0 Å². The van der Waals surface area contributed by atoms with Gasteiger partial charge < -0.3 is 0 Å². The molecule has 0 amide bonds. The quantitative estimate of drug-likeness (QED) is 0.460. The van der Waals surface area contributed by atoms with E-state index in [2.05, 4.69) is 15.9 Å². The van der Waals surface area contributed by atoms with Crippen LogP contribution < -0.4 is 0 Å². The van der Waals surface area contributed by atoms with Gasteiger partial charge in [-0.25, -0.2) is 4.39 Å². The highest BCUT2D eigenvalue weighted by molar-refractivity contribution is 9.09. The van der Waals surface area contributed by atoms with Crippen molar-refractivity contribution in [2.75, 3.05) is 5.58 Å². The molecular formula is CH3BrClF. The molecule has 0 N–H and O–H groups in total. The zero-order chi connectivity index (χ0) is 2.71. The highest BCUT2D eigenvalue weighted by Crippen LogP contribution is 1.72. The van der Waals surface area contributed by atoms with Crippen LogP contribution in [0.2, 0.25) is 0 Å². The SMILES string of the molecule is Cl.FCBr. The molecule has 0 saturated carbocycles. The van der Waals surface area contributed by atoms with E-state index in [0.717, 1.165) is 0 Å². The van der Waals surface area contributed by atoms with Crippen LogP contribution in [0.5, 0.6) is 0 Å². The second-order valence-electron chi connectivity index (χ2n) is 0.101. The fourth-order valence-corrected chi connectivity index (χ4v) is 0. The Balaban J connectivity index is 0. The fraction of sp³-hybridized carbons (Fsp3) is 1.00. The second kappa shape index (κ2) is 9.33. The average molecular weight is 149 g/mol. The third-order valence-electron chi connectivity index (χ3n) is 0. The highest BCUT2D eigenvalue weighted by Gasteiger charge is 1.42. The Morgan fingerprint density at radius 2 is 1.75 bits per heavy atom. The van der Waals surface area contributed by atoms with Gasteiger partial charge in [-0.1, -0.05) is 15.9 Å². The molecule has 0 heterocycles. The minimum absolute atomic E-state index is 0. The molecule has 0 aliphatic rings. The highest BCUT2D eigenvalue weighted by atomic mass is 79.9. The van der Waals surface area contributed by atoms with Crippen LogP contribution in [0, 0.1) is 0 Å². The topological polar surface area (TPSA) is 0 Å². The Bertz CT molecular complexity index is 8.00. The molecule has 0 radical (unpaired) electrons. The number of hydrogen-bond donors (Lipinski definition) is 0. The Morgan fingerprint density at radius 1 is 1.75 bits per heavy atom. The van der Waals surface area contributed by atoms with Crippen molar-refractivity contribution in [1.29, 1.82) is 0 Å². The molecule has 0 spiro atoms. The van der Waals surface area contributed by atoms with Crippen molar-refractivity contribution in [3.05, 3.63) is 0 Å². The lowest BCUT2D eigenvalue weighted by molar-refractivity contribution is 0.613. The molecule has 0 fully saturated rings. The first kappa shape index (κ1) is 8.83. The van der Waals surface area contributed by atoms with E-state index in [9.17, 15) is 4.39 Å². The van der Waals surface area contributed by atoms with Crippen molar-refractivity contribution in [3.8, 4) is 0 Å². The number of rotatable bonds is 0. The van der Waals surface area contributed by atoms with Crippen molar-refractivity contribution in [3.63, 3.8) is 0 Å². The smallest absolute Gasteiger partial charge is 0.144 e. The van der Waals surface area contributed by atoms with Crippen molar-refractivity contribution in [2.45, 2.75) is 0 Å². The fourth-order valence-electron chi connectivity index (χ4n) is 0. The molecule has 0 aromatic carbocycles. The molecule has 0 aliphatic carbocycles. The van der Waals surface area contributed by atoms with Crippen LogP contribution in [-0.4, -0.2) is 5.58 Å². The molecule has 0 atom stereocenters. The van der Waals surface area contributed by atoms with E-state index >= 15 is 0 Å². The zero-order valence-electron chi connectivity index (χ0n) is 1.87. The summed E-state index contributed by atoms with van der Waals surface area (Å²) in [7, 11) is 0. The van der Waals surface area contributed by atoms with E-state index < -0.39 is 5.58 Å². The van der Waals surface area contributed by atoms with Crippen LogP contribution in [0.1, 0.15) is 0 Å². The third kappa shape index (κ3) is 15.9. The van der Waals surface area contributed by atoms with E-state index in [1.54, 1.807) is 0 Å². The summed E-state index contributed by atoms with van der Waals surface area (Å²) in [4.78, 5) is 0. The van der Waals surface area contributed by atoms with E-state index in [0.29, 0.717) is 0 Å². The number of hydrogen-bond acceptors (Lipinski definition) is 0. The largest absolute Gasteiger partial charge is 0.239 e. The van der Waals surface area contributed by atoms with Gasteiger partial charge in [0.1, 0.15) is 5.58 Å². The van der Waals surface area contributed by atoms with Crippen molar-refractivity contribution < 1.29 is 4.39 Å². The summed E-state index contributed by atoms with van der Waals surface area (Å²) in [5.41, 5.74) is -0.438. The molecular weight excluding hydrogens is 146 g/mol. The lowest BCUT2D eigenvalue weighted by Crippen LogP contribution is -1.27. The molecule has 0 aromatic heterocycles. The summed E-state index contributed by atoms with van der Waals surface area (Å²) in [6.07, 6.45) is 0. The molecule has 0 aliphatic heterocycles. The van der Waals surface area contributed by atoms with Crippen molar-refractivity contribution in [1.82, 2.24) is 0 Å². The lowest BCUT2D eigenvalue weighted by Gasteiger charge is -1.43. The van der Waals surface area contributed by atoms with Gasteiger partial charge >= 0.3 is 0 Å². The van der Waals surface area contributed by atoms with Gasteiger partial charge in [0.05, 0.1) is 0 Å². The van der Waals surface area contributed by atoms with Gasteiger partial charge in [-0.15, -0.1) is 12.4 Å². The lowest BCUT2D eigenvalue weighted by atomic mass is 11.9. The minimum Gasteiger partial charge on any atom is -0.239 e. The maximum absolute atomic E-state index is 10.2. The average Bonchev–Trinajstić information content (AvgIpc) is 0.918. The first-order valence-electron chi connectivity index (χ1n) is 0.535. The van der Waals surface area contributed by atoms with Gasteiger partial charge in [-0.05, 0) is 0 Å². The van der Waals surface area contributed by atoms with Crippen LogP contribution >= 0.6 is 28.3 Å². The summed E-state index contributed by atoms with van der Waals surface area (Å²) in [6, 6.07) is 0. The zero-order valence-corrected chi connectivity index (χ0v) is 4.27.